The predicted octanol–water partition coefficient (Wildman–Crippen LogP) is 3.57. The maximum Gasteiger partial charge on any atom is 0.345 e. The van der Waals surface area contributed by atoms with E-state index in [2.05, 4.69) is 15.9 Å². The predicted molar refractivity (Wildman–Crippen MR) is 78.2 cm³/mol. The molecule has 0 unspecified atom stereocenters. The topological polar surface area (TPSA) is 57.5 Å². The lowest BCUT2D eigenvalue weighted by atomic mass is 9.86. The van der Waals surface area contributed by atoms with Crippen LogP contribution in [0.1, 0.15) is 11.1 Å². The lowest BCUT2D eigenvalue weighted by molar-refractivity contribution is -0.155. The Morgan fingerprint density at radius 2 is 1.09 bits per heavy atom. The Bertz CT molecular complexity index is 630. The third-order valence-corrected chi connectivity index (χ3v) is 2.87. The zero-order valence-corrected chi connectivity index (χ0v) is 13.2. The first-order valence-electron chi connectivity index (χ1n) is 6.00. The maximum atomic E-state index is 13.2. The molecule has 124 valence electrons. The van der Waals surface area contributed by atoms with Gasteiger partial charge in [-0.2, -0.15) is 0 Å². The van der Waals surface area contributed by atoms with E-state index in [1.54, 1.807) is 0 Å². The summed E-state index contributed by atoms with van der Waals surface area (Å²) in [6.45, 7) is 0. The minimum Gasteiger partial charge on any atom is -0.479 e. The van der Waals surface area contributed by atoms with E-state index in [1.807, 2.05) is 5.83 Å². The van der Waals surface area contributed by atoms with Crippen LogP contribution in [0.3, 0.4) is 0 Å². The van der Waals surface area contributed by atoms with Crippen molar-refractivity contribution >= 4 is 21.9 Å². The van der Waals surface area contributed by atoms with Gasteiger partial charge in [-0.05, 0) is 30.1 Å². The molecule has 0 heterocycles. The Morgan fingerprint density at radius 1 is 0.826 bits per heavy atom. The van der Waals surface area contributed by atoms with Crippen molar-refractivity contribution in [2.75, 3.05) is 5.83 Å². The molecule has 0 bridgehead atoms. The summed E-state index contributed by atoms with van der Waals surface area (Å²) in [5.74, 6) is -4.67. The van der Waals surface area contributed by atoms with Crippen LogP contribution in [0, 0.1) is 23.3 Å². The normalized spacial score (nSPS) is 10.7. The summed E-state index contributed by atoms with van der Waals surface area (Å²) >= 11 is 2.94. The van der Waals surface area contributed by atoms with Crippen LogP contribution in [-0.2, 0) is 10.4 Å². The molecule has 0 aliphatic rings. The molecule has 0 saturated carbocycles. The summed E-state index contributed by atoms with van der Waals surface area (Å²) in [5.41, 5.74) is -4.39. The number of rotatable bonds is 3. The van der Waals surface area contributed by atoms with Crippen LogP contribution in [0.5, 0.6) is 0 Å². The SMILES string of the molecule is CBr.O=C(O)C(O)(c1cc(F)cc(F)c1)c1cc(F)cc(F)c1. The minimum atomic E-state index is -2.99. The van der Waals surface area contributed by atoms with Crippen molar-refractivity contribution in [1.29, 1.82) is 0 Å². The van der Waals surface area contributed by atoms with Crippen molar-refractivity contribution in [1.82, 2.24) is 0 Å². The Kier molecular flexibility index (Phi) is 6.28. The number of carbonyl (C=O) groups is 1. The molecule has 0 aromatic heterocycles. The molecule has 2 rings (SSSR count). The second kappa shape index (κ2) is 7.56. The van der Waals surface area contributed by atoms with Gasteiger partial charge in [-0.25, -0.2) is 22.4 Å². The molecule has 2 aromatic rings. The number of aliphatic carboxylic acids is 1. The lowest BCUT2D eigenvalue weighted by Crippen LogP contribution is -2.37. The van der Waals surface area contributed by atoms with E-state index < -0.39 is 46.0 Å². The number of alkyl halides is 1. The number of hydrogen-bond donors (Lipinski definition) is 2. The summed E-state index contributed by atoms with van der Waals surface area (Å²) < 4.78 is 52.8. The van der Waals surface area contributed by atoms with Crippen LogP contribution in [0.2, 0.25) is 0 Å². The minimum absolute atomic E-state index is 0.470. The molecule has 3 nitrogen and oxygen atoms in total. The molecule has 0 saturated heterocycles. The summed E-state index contributed by atoms with van der Waals surface area (Å²) in [6, 6.07) is 3.22. The second-order valence-electron chi connectivity index (χ2n) is 4.33. The lowest BCUT2D eigenvalue weighted by Gasteiger charge is -2.24. The van der Waals surface area contributed by atoms with Crippen LogP contribution in [0.15, 0.2) is 36.4 Å². The number of hydrogen-bond acceptors (Lipinski definition) is 2. The fourth-order valence-electron chi connectivity index (χ4n) is 1.94. The van der Waals surface area contributed by atoms with E-state index in [9.17, 15) is 27.5 Å². The number of benzene rings is 2. The molecule has 23 heavy (non-hydrogen) atoms. The van der Waals surface area contributed by atoms with Gasteiger partial charge in [0.05, 0.1) is 0 Å². The molecule has 0 amide bonds. The molecule has 8 heteroatoms. The molecular weight excluding hydrogens is 384 g/mol. The Hall–Kier alpha value is -1.93. The Labute approximate surface area is 137 Å². The van der Waals surface area contributed by atoms with Gasteiger partial charge in [0.2, 0.25) is 5.60 Å². The number of carboxylic acid groups (broad SMARTS) is 1. The largest absolute Gasteiger partial charge is 0.479 e. The summed E-state index contributed by atoms with van der Waals surface area (Å²) in [5, 5.41) is 19.4. The van der Waals surface area contributed by atoms with Gasteiger partial charge in [-0.1, -0.05) is 15.9 Å². The van der Waals surface area contributed by atoms with Crippen molar-refractivity contribution in [3.05, 3.63) is 70.8 Å². The zero-order chi connectivity index (χ0) is 17.8. The van der Waals surface area contributed by atoms with Crippen molar-refractivity contribution in [3.63, 3.8) is 0 Å². The van der Waals surface area contributed by atoms with Crippen molar-refractivity contribution < 1.29 is 32.6 Å². The average molecular weight is 395 g/mol. The number of halogens is 5. The smallest absolute Gasteiger partial charge is 0.345 e. The van der Waals surface area contributed by atoms with Crippen molar-refractivity contribution in [2.45, 2.75) is 5.60 Å². The third-order valence-electron chi connectivity index (χ3n) is 2.87. The van der Waals surface area contributed by atoms with Crippen LogP contribution in [0.25, 0.3) is 0 Å². The van der Waals surface area contributed by atoms with E-state index >= 15 is 0 Å². The van der Waals surface area contributed by atoms with Gasteiger partial charge < -0.3 is 10.2 Å². The molecule has 0 spiro atoms. The summed E-state index contributed by atoms with van der Waals surface area (Å²) in [7, 11) is 0. The van der Waals surface area contributed by atoms with Crippen LogP contribution < -0.4 is 0 Å². The number of aliphatic hydroxyl groups is 1. The first-order chi connectivity index (χ1) is 10.7. The molecule has 2 N–H and O–H groups in total. The highest BCUT2D eigenvalue weighted by molar-refractivity contribution is 9.08. The highest BCUT2D eigenvalue weighted by atomic mass is 79.9. The van der Waals surface area contributed by atoms with Crippen LogP contribution >= 0.6 is 15.9 Å². The molecular formula is C15H11BrF4O3. The monoisotopic (exact) mass is 394 g/mol. The van der Waals surface area contributed by atoms with E-state index in [-0.39, 0.29) is 0 Å². The summed E-state index contributed by atoms with van der Waals surface area (Å²) in [4.78, 5) is 11.3. The van der Waals surface area contributed by atoms with Gasteiger partial charge >= 0.3 is 5.97 Å². The van der Waals surface area contributed by atoms with Gasteiger partial charge in [0, 0.05) is 23.3 Å². The Balaban J connectivity index is 0.00000127. The molecule has 0 fully saturated rings. The highest BCUT2D eigenvalue weighted by Crippen LogP contribution is 2.32. The average Bonchev–Trinajstić information content (AvgIpc) is 2.46. The van der Waals surface area contributed by atoms with Gasteiger partial charge in [0.25, 0.3) is 0 Å². The standard InChI is InChI=1S/C14H8F4O3.CH3Br/c15-9-1-7(2-10(16)5-9)14(21,13(19)20)8-3-11(17)6-12(18)4-8;1-2/h1-6,21H,(H,19,20);1H3. The van der Waals surface area contributed by atoms with E-state index in [0.717, 1.165) is 0 Å². The third kappa shape index (κ3) is 4.08. The Morgan fingerprint density at radius 3 is 1.30 bits per heavy atom. The van der Waals surface area contributed by atoms with Crippen molar-refractivity contribution in [2.24, 2.45) is 0 Å². The molecule has 0 aliphatic carbocycles. The fourth-order valence-corrected chi connectivity index (χ4v) is 1.94. The maximum absolute atomic E-state index is 13.2. The fraction of sp³-hybridized carbons (Fsp3) is 0.133. The van der Waals surface area contributed by atoms with Crippen LogP contribution in [-0.4, -0.2) is 22.0 Å². The molecule has 0 radical (unpaired) electrons. The zero-order valence-electron chi connectivity index (χ0n) is 11.7. The van der Waals surface area contributed by atoms with Crippen LogP contribution in [0.4, 0.5) is 17.6 Å². The molecule has 0 aliphatic heterocycles. The van der Waals surface area contributed by atoms with Gasteiger partial charge in [0.15, 0.2) is 0 Å². The van der Waals surface area contributed by atoms with Crippen molar-refractivity contribution in [3.8, 4) is 0 Å². The second-order valence-corrected chi connectivity index (χ2v) is 4.33. The molecule has 0 atom stereocenters. The molecule has 2 aromatic carbocycles. The summed E-state index contributed by atoms with van der Waals surface area (Å²) in [6.07, 6.45) is 0. The van der Waals surface area contributed by atoms with Gasteiger partial charge in [-0.3, -0.25) is 0 Å². The van der Waals surface area contributed by atoms with E-state index in [4.69, 9.17) is 5.11 Å². The first kappa shape index (κ1) is 19.1. The highest BCUT2D eigenvalue weighted by Gasteiger charge is 2.41. The van der Waals surface area contributed by atoms with Gasteiger partial charge in [0.1, 0.15) is 23.3 Å². The first-order valence-corrected chi connectivity index (χ1v) is 7.59. The van der Waals surface area contributed by atoms with E-state index in [1.165, 1.54) is 0 Å². The van der Waals surface area contributed by atoms with Gasteiger partial charge in [-0.15, -0.1) is 0 Å². The number of carboxylic acids is 1. The van der Waals surface area contributed by atoms with E-state index in [0.29, 0.717) is 36.4 Å². The quantitative estimate of drug-likeness (QED) is 0.617.